The lowest BCUT2D eigenvalue weighted by molar-refractivity contribution is 0.249. The largest absolute Gasteiger partial charge is 0.495 e. The van der Waals surface area contributed by atoms with Crippen LogP contribution in [0, 0.1) is 5.82 Å². The van der Waals surface area contributed by atoms with E-state index in [1.54, 1.807) is 19.1 Å². The standard InChI is InChI=1S/C18H20ClFN2O4/c1-10(11-5-6-15(24-2)13(20)7-11)21-18(23)22-14-9-16(25-3)12(19)8-17(14)26-4/h5-10H,1-4H3,(H2,21,22,23). The van der Waals surface area contributed by atoms with Gasteiger partial charge in [-0.05, 0) is 24.6 Å². The summed E-state index contributed by atoms with van der Waals surface area (Å²) in [4.78, 5) is 12.3. The molecule has 0 fully saturated rings. The number of ether oxygens (including phenoxy) is 3. The van der Waals surface area contributed by atoms with Crippen LogP contribution in [0.1, 0.15) is 18.5 Å². The molecule has 2 aromatic rings. The molecular formula is C18H20ClFN2O4. The first-order valence-corrected chi connectivity index (χ1v) is 8.09. The van der Waals surface area contributed by atoms with E-state index in [-0.39, 0.29) is 5.75 Å². The normalized spacial score (nSPS) is 11.5. The number of methoxy groups -OCH3 is 3. The van der Waals surface area contributed by atoms with Crippen LogP contribution in [0.25, 0.3) is 0 Å². The molecule has 1 unspecified atom stereocenters. The molecule has 0 aromatic heterocycles. The number of hydrogen-bond donors (Lipinski definition) is 2. The summed E-state index contributed by atoms with van der Waals surface area (Å²) in [5.74, 6) is 0.425. The molecule has 140 valence electrons. The van der Waals surface area contributed by atoms with Crippen LogP contribution in [0.4, 0.5) is 14.9 Å². The number of nitrogens with one attached hydrogen (secondary N) is 2. The molecule has 1 atom stereocenters. The Morgan fingerprint density at radius 3 is 2.27 bits per heavy atom. The molecule has 8 heteroatoms. The summed E-state index contributed by atoms with van der Waals surface area (Å²) in [6.07, 6.45) is 0. The van der Waals surface area contributed by atoms with Gasteiger partial charge in [0.25, 0.3) is 0 Å². The summed E-state index contributed by atoms with van der Waals surface area (Å²) in [5, 5.41) is 5.75. The number of carbonyl (C=O) groups is 1. The molecule has 2 rings (SSSR count). The van der Waals surface area contributed by atoms with Gasteiger partial charge < -0.3 is 24.8 Å². The van der Waals surface area contributed by atoms with Gasteiger partial charge in [0.15, 0.2) is 11.6 Å². The van der Waals surface area contributed by atoms with Gasteiger partial charge in [-0.1, -0.05) is 17.7 Å². The fourth-order valence-electron chi connectivity index (χ4n) is 2.35. The Balaban J connectivity index is 2.12. The summed E-state index contributed by atoms with van der Waals surface area (Å²) in [6, 6.07) is 6.67. The SMILES string of the molecule is COc1ccc(C(C)NC(=O)Nc2cc(OC)c(Cl)cc2OC)cc1F. The zero-order chi connectivity index (χ0) is 19.3. The van der Waals surface area contributed by atoms with Gasteiger partial charge in [0, 0.05) is 12.1 Å². The van der Waals surface area contributed by atoms with Crippen molar-refractivity contribution in [3.63, 3.8) is 0 Å². The number of hydrogen-bond acceptors (Lipinski definition) is 4. The van der Waals surface area contributed by atoms with Crippen LogP contribution in [0.2, 0.25) is 5.02 Å². The van der Waals surface area contributed by atoms with E-state index in [9.17, 15) is 9.18 Å². The van der Waals surface area contributed by atoms with Crippen molar-refractivity contribution in [1.82, 2.24) is 5.32 Å². The fourth-order valence-corrected chi connectivity index (χ4v) is 2.58. The van der Waals surface area contributed by atoms with Gasteiger partial charge in [0.1, 0.15) is 11.5 Å². The van der Waals surface area contributed by atoms with Crippen molar-refractivity contribution >= 4 is 23.3 Å². The van der Waals surface area contributed by atoms with Crippen molar-refractivity contribution in [3.05, 3.63) is 46.7 Å². The Kier molecular flexibility index (Phi) is 6.52. The third kappa shape index (κ3) is 4.49. The van der Waals surface area contributed by atoms with E-state index in [0.29, 0.717) is 27.8 Å². The summed E-state index contributed by atoms with van der Waals surface area (Å²) in [7, 11) is 4.32. The van der Waals surface area contributed by atoms with Crippen LogP contribution in [-0.2, 0) is 0 Å². The Morgan fingerprint density at radius 1 is 1.04 bits per heavy atom. The molecule has 0 heterocycles. The molecular weight excluding hydrogens is 363 g/mol. The van der Waals surface area contributed by atoms with Gasteiger partial charge in [-0.15, -0.1) is 0 Å². The van der Waals surface area contributed by atoms with Gasteiger partial charge in [-0.2, -0.15) is 0 Å². The average molecular weight is 383 g/mol. The smallest absolute Gasteiger partial charge is 0.319 e. The predicted octanol–water partition coefficient (Wildman–Crippen LogP) is 4.39. The second-order valence-corrected chi connectivity index (χ2v) is 5.81. The zero-order valence-corrected chi connectivity index (χ0v) is 15.6. The molecule has 0 spiro atoms. The van der Waals surface area contributed by atoms with Crippen molar-refractivity contribution in [3.8, 4) is 17.2 Å². The first-order valence-electron chi connectivity index (χ1n) is 7.72. The van der Waals surface area contributed by atoms with Crippen molar-refractivity contribution in [2.24, 2.45) is 0 Å². The highest BCUT2D eigenvalue weighted by atomic mass is 35.5. The predicted molar refractivity (Wildman–Crippen MR) is 98.1 cm³/mol. The van der Waals surface area contributed by atoms with Crippen LogP contribution in [0.3, 0.4) is 0 Å². The minimum Gasteiger partial charge on any atom is -0.495 e. The Hall–Kier alpha value is -2.67. The quantitative estimate of drug-likeness (QED) is 0.777. The second kappa shape index (κ2) is 8.62. The summed E-state index contributed by atoms with van der Waals surface area (Å²) >= 11 is 6.04. The highest BCUT2D eigenvalue weighted by Crippen LogP contribution is 2.35. The van der Waals surface area contributed by atoms with Crippen LogP contribution in [0.5, 0.6) is 17.2 Å². The number of carbonyl (C=O) groups excluding carboxylic acids is 1. The first kappa shape index (κ1) is 19.7. The Morgan fingerprint density at radius 2 is 1.69 bits per heavy atom. The number of rotatable bonds is 6. The first-order chi connectivity index (χ1) is 12.4. The molecule has 2 aromatic carbocycles. The van der Waals surface area contributed by atoms with Gasteiger partial charge in [0.05, 0.1) is 38.1 Å². The van der Waals surface area contributed by atoms with E-state index < -0.39 is 17.9 Å². The van der Waals surface area contributed by atoms with E-state index >= 15 is 0 Å². The highest BCUT2D eigenvalue weighted by Gasteiger charge is 2.15. The minimum absolute atomic E-state index is 0.142. The number of amides is 2. The fraction of sp³-hybridized carbons (Fsp3) is 0.278. The minimum atomic E-state index is -0.497. The van der Waals surface area contributed by atoms with Crippen LogP contribution in [-0.4, -0.2) is 27.4 Å². The van der Waals surface area contributed by atoms with Crippen molar-refractivity contribution in [2.75, 3.05) is 26.6 Å². The lowest BCUT2D eigenvalue weighted by atomic mass is 10.1. The maximum atomic E-state index is 13.8. The van der Waals surface area contributed by atoms with Crippen LogP contribution in [0.15, 0.2) is 30.3 Å². The number of anilines is 1. The van der Waals surface area contributed by atoms with Crippen LogP contribution < -0.4 is 24.8 Å². The lowest BCUT2D eigenvalue weighted by Gasteiger charge is -2.17. The molecule has 2 N–H and O–H groups in total. The second-order valence-electron chi connectivity index (χ2n) is 5.40. The van der Waals surface area contributed by atoms with Gasteiger partial charge in [-0.25, -0.2) is 9.18 Å². The monoisotopic (exact) mass is 382 g/mol. The summed E-state index contributed by atoms with van der Waals surface area (Å²) in [6.45, 7) is 1.74. The molecule has 0 aliphatic heterocycles. The summed E-state index contributed by atoms with van der Waals surface area (Å²) in [5.41, 5.74) is 0.985. The van der Waals surface area contributed by atoms with E-state index in [2.05, 4.69) is 10.6 Å². The molecule has 0 saturated carbocycles. The molecule has 26 heavy (non-hydrogen) atoms. The van der Waals surface area contributed by atoms with Crippen LogP contribution >= 0.6 is 11.6 Å². The Bertz CT molecular complexity index is 801. The third-order valence-corrected chi connectivity index (χ3v) is 4.04. The number of halogens is 2. The van der Waals surface area contributed by atoms with Gasteiger partial charge in [-0.3, -0.25) is 0 Å². The topological polar surface area (TPSA) is 68.8 Å². The lowest BCUT2D eigenvalue weighted by Crippen LogP contribution is -2.31. The number of benzene rings is 2. The maximum absolute atomic E-state index is 13.8. The van der Waals surface area contributed by atoms with Gasteiger partial charge >= 0.3 is 6.03 Å². The zero-order valence-electron chi connectivity index (χ0n) is 14.9. The summed E-state index contributed by atoms with van der Waals surface area (Å²) < 4.78 is 29.1. The highest BCUT2D eigenvalue weighted by molar-refractivity contribution is 6.32. The van der Waals surface area contributed by atoms with Crippen molar-refractivity contribution in [2.45, 2.75) is 13.0 Å². The van der Waals surface area contributed by atoms with Crippen molar-refractivity contribution in [1.29, 1.82) is 0 Å². The Labute approximate surface area is 156 Å². The third-order valence-electron chi connectivity index (χ3n) is 3.75. The molecule has 0 radical (unpaired) electrons. The van der Waals surface area contributed by atoms with E-state index in [0.717, 1.165) is 0 Å². The molecule has 0 bridgehead atoms. The molecule has 0 aliphatic carbocycles. The average Bonchev–Trinajstić information content (AvgIpc) is 2.62. The number of urea groups is 1. The maximum Gasteiger partial charge on any atom is 0.319 e. The van der Waals surface area contributed by atoms with E-state index in [4.69, 9.17) is 25.8 Å². The molecule has 6 nitrogen and oxygen atoms in total. The van der Waals surface area contributed by atoms with E-state index in [1.165, 1.54) is 39.5 Å². The van der Waals surface area contributed by atoms with E-state index in [1.807, 2.05) is 0 Å². The molecule has 2 amide bonds. The van der Waals surface area contributed by atoms with Crippen molar-refractivity contribution < 1.29 is 23.4 Å². The molecule has 0 aliphatic rings. The van der Waals surface area contributed by atoms with Gasteiger partial charge in [0.2, 0.25) is 0 Å². The molecule has 0 saturated heterocycles.